The smallest absolute Gasteiger partial charge is 0.0511 e. The standard InChI is InChI=1S/C10H13BrN2/c11-9-3-1-2-4-10(9)13-7-5-12-6-8-13/h1-4,12H,5-8H2/i5D2,6D2,7D2,8D2. The van der Waals surface area contributed by atoms with E-state index in [1.54, 1.807) is 23.5 Å². The Morgan fingerprint density at radius 3 is 2.69 bits per heavy atom. The Labute approximate surface area is 98.3 Å². The fraction of sp³-hybridized carbons (Fsp3) is 0.400. The lowest BCUT2D eigenvalue weighted by Gasteiger charge is -2.30. The average Bonchev–Trinajstić information content (AvgIpc) is 2.28. The fourth-order valence-corrected chi connectivity index (χ4v) is 1.44. The first kappa shape index (κ1) is 3.55. The minimum absolute atomic E-state index is 0.0294. The van der Waals surface area contributed by atoms with E-state index in [1.165, 1.54) is 6.07 Å². The number of rotatable bonds is 1. The van der Waals surface area contributed by atoms with Gasteiger partial charge in [-0.2, -0.15) is 0 Å². The molecule has 2 rings (SSSR count). The number of hydrogen-bond acceptors (Lipinski definition) is 2. The highest BCUT2D eigenvalue weighted by Gasteiger charge is 2.11. The molecule has 0 aromatic heterocycles. The van der Waals surface area contributed by atoms with Crippen molar-refractivity contribution in [2.75, 3.05) is 30.9 Å². The molecule has 0 spiro atoms. The second-order valence-corrected chi connectivity index (χ2v) is 3.24. The molecule has 1 saturated heterocycles. The van der Waals surface area contributed by atoms with E-state index in [1.807, 2.05) is 0 Å². The Bertz CT molecular complexity index is 536. The van der Waals surface area contributed by atoms with Gasteiger partial charge in [-0.3, -0.25) is 0 Å². The number of para-hydroxylation sites is 1. The average molecular weight is 249 g/mol. The lowest BCUT2D eigenvalue weighted by atomic mass is 10.2. The maximum absolute atomic E-state index is 7.98. The van der Waals surface area contributed by atoms with E-state index in [0.29, 0.717) is 9.37 Å². The van der Waals surface area contributed by atoms with E-state index in [0.717, 1.165) is 0 Å². The van der Waals surface area contributed by atoms with E-state index in [9.17, 15) is 0 Å². The maximum atomic E-state index is 7.98. The predicted octanol–water partition coefficient (Wildman–Crippen LogP) is 1.86. The molecule has 0 amide bonds. The van der Waals surface area contributed by atoms with Crippen LogP contribution in [-0.2, 0) is 0 Å². The van der Waals surface area contributed by atoms with Gasteiger partial charge in [-0.05, 0) is 28.1 Å². The second-order valence-electron chi connectivity index (χ2n) is 2.39. The molecule has 0 aliphatic carbocycles. The zero-order valence-corrected chi connectivity index (χ0v) is 8.22. The number of benzene rings is 1. The maximum Gasteiger partial charge on any atom is 0.0511 e. The normalized spacial score (nSPS) is 42.1. The fourth-order valence-electron chi connectivity index (χ4n) is 0.980. The van der Waals surface area contributed by atoms with Gasteiger partial charge >= 0.3 is 0 Å². The number of anilines is 1. The summed E-state index contributed by atoms with van der Waals surface area (Å²) < 4.78 is 63.2. The Kier molecular flexibility index (Phi) is 1.12. The van der Waals surface area contributed by atoms with Gasteiger partial charge in [-0.1, -0.05) is 12.1 Å². The molecule has 0 bridgehead atoms. The summed E-state index contributed by atoms with van der Waals surface area (Å²) in [6.07, 6.45) is 0. The summed E-state index contributed by atoms with van der Waals surface area (Å²) in [6.45, 7) is -11.2. The summed E-state index contributed by atoms with van der Waals surface area (Å²) in [7, 11) is 0. The number of nitrogens with one attached hydrogen (secondary N) is 1. The molecule has 0 saturated carbocycles. The Hall–Kier alpha value is -0.540. The summed E-state index contributed by atoms with van der Waals surface area (Å²) in [6, 6.07) is 6.13. The van der Waals surface area contributed by atoms with Crippen LogP contribution < -0.4 is 10.2 Å². The molecule has 1 aromatic rings. The highest BCUT2D eigenvalue weighted by molar-refractivity contribution is 9.10. The second kappa shape index (κ2) is 4.11. The Balaban J connectivity index is 2.71. The number of hydrogen-bond donors (Lipinski definition) is 1. The third-order valence-electron chi connectivity index (χ3n) is 1.55. The molecule has 1 heterocycles. The summed E-state index contributed by atoms with van der Waals surface area (Å²) in [4.78, 5) is 0.501. The highest BCUT2D eigenvalue weighted by Crippen LogP contribution is 2.25. The lowest BCUT2D eigenvalue weighted by Crippen LogP contribution is -2.43. The van der Waals surface area contributed by atoms with Crippen LogP contribution in [0.3, 0.4) is 0 Å². The van der Waals surface area contributed by atoms with Crippen LogP contribution in [0.2, 0.25) is 0 Å². The van der Waals surface area contributed by atoms with Gasteiger partial charge in [-0.15, -0.1) is 0 Å². The molecule has 0 radical (unpaired) electrons. The van der Waals surface area contributed by atoms with Gasteiger partial charge in [0.15, 0.2) is 0 Å². The van der Waals surface area contributed by atoms with Crippen LogP contribution >= 0.6 is 15.9 Å². The van der Waals surface area contributed by atoms with Crippen molar-refractivity contribution in [1.82, 2.24) is 5.32 Å². The predicted molar refractivity (Wildman–Crippen MR) is 59.2 cm³/mol. The third kappa shape index (κ3) is 2.03. The molecule has 13 heavy (non-hydrogen) atoms. The Morgan fingerprint density at radius 1 is 1.31 bits per heavy atom. The molecular formula is C10H13BrN2. The molecule has 1 N–H and O–H groups in total. The monoisotopic (exact) mass is 248 g/mol. The van der Waals surface area contributed by atoms with Crippen molar-refractivity contribution in [3.8, 4) is 0 Å². The zero-order valence-electron chi connectivity index (χ0n) is 14.6. The topological polar surface area (TPSA) is 15.3 Å². The van der Waals surface area contributed by atoms with Crippen LogP contribution in [0, 0.1) is 0 Å². The van der Waals surface area contributed by atoms with E-state index in [2.05, 4.69) is 15.9 Å². The zero-order chi connectivity index (χ0) is 16.3. The first-order valence-electron chi connectivity index (χ1n) is 7.69. The van der Waals surface area contributed by atoms with Crippen molar-refractivity contribution in [2.45, 2.75) is 0 Å². The lowest BCUT2D eigenvalue weighted by molar-refractivity contribution is 0.588. The van der Waals surface area contributed by atoms with Crippen LogP contribution in [0.15, 0.2) is 28.7 Å². The van der Waals surface area contributed by atoms with Gasteiger partial charge in [0.2, 0.25) is 0 Å². The van der Waals surface area contributed by atoms with Crippen LogP contribution in [-0.4, -0.2) is 26.0 Å². The molecule has 3 heteroatoms. The third-order valence-corrected chi connectivity index (χ3v) is 2.22. The minimum atomic E-state index is -2.81. The summed E-state index contributed by atoms with van der Waals surface area (Å²) in [5.41, 5.74) is 0.0294. The molecule has 1 aliphatic heterocycles. The summed E-state index contributed by atoms with van der Waals surface area (Å²) in [5.74, 6) is 0. The SMILES string of the molecule is [2H]C1([2H])NC([2H])([2H])C([2H])([2H])N(c2ccccc2Br)C1([2H])[2H]. The summed E-state index contributed by atoms with van der Waals surface area (Å²) in [5, 5.41) is 1.79. The summed E-state index contributed by atoms with van der Waals surface area (Å²) >= 11 is 3.17. The van der Waals surface area contributed by atoms with Crippen molar-refractivity contribution >= 4 is 21.6 Å². The molecule has 1 fully saturated rings. The molecule has 1 aromatic carbocycles. The van der Waals surface area contributed by atoms with Crippen molar-refractivity contribution in [3.05, 3.63) is 28.7 Å². The molecule has 1 aliphatic rings. The van der Waals surface area contributed by atoms with E-state index in [4.69, 9.17) is 11.0 Å². The quantitative estimate of drug-likeness (QED) is 0.817. The van der Waals surface area contributed by atoms with Crippen LogP contribution in [0.1, 0.15) is 11.0 Å². The number of halogens is 1. The number of nitrogens with zero attached hydrogens (tertiary/aromatic N) is 1. The van der Waals surface area contributed by atoms with Gasteiger partial charge in [0.25, 0.3) is 0 Å². The van der Waals surface area contributed by atoms with Crippen molar-refractivity contribution in [3.63, 3.8) is 0 Å². The molecular weight excluding hydrogens is 228 g/mol. The molecule has 70 valence electrons. The largest absolute Gasteiger partial charge is 0.368 e. The van der Waals surface area contributed by atoms with E-state index in [-0.39, 0.29) is 5.69 Å². The highest BCUT2D eigenvalue weighted by atomic mass is 79.9. The van der Waals surface area contributed by atoms with Gasteiger partial charge in [-0.25, -0.2) is 0 Å². The molecule has 2 nitrogen and oxygen atoms in total. The minimum Gasteiger partial charge on any atom is -0.368 e. The van der Waals surface area contributed by atoms with Gasteiger partial charge in [0.05, 0.1) is 11.2 Å². The first-order chi connectivity index (χ1) is 9.34. The van der Waals surface area contributed by atoms with E-state index >= 15 is 0 Å². The van der Waals surface area contributed by atoms with Gasteiger partial charge in [0, 0.05) is 35.9 Å². The van der Waals surface area contributed by atoms with Crippen molar-refractivity contribution < 1.29 is 11.0 Å². The van der Waals surface area contributed by atoms with Crippen LogP contribution in [0.5, 0.6) is 0 Å². The molecule has 0 unspecified atom stereocenters. The van der Waals surface area contributed by atoms with Gasteiger partial charge in [0.1, 0.15) is 0 Å². The Morgan fingerprint density at radius 2 is 2.00 bits per heavy atom. The van der Waals surface area contributed by atoms with Crippen LogP contribution in [0.4, 0.5) is 5.69 Å². The van der Waals surface area contributed by atoms with Gasteiger partial charge < -0.3 is 10.2 Å². The van der Waals surface area contributed by atoms with Crippen molar-refractivity contribution in [1.29, 1.82) is 0 Å². The van der Waals surface area contributed by atoms with E-state index < -0.39 is 26.0 Å². The number of piperazine rings is 1. The molecule has 0 atom stereocenters. The van der Waals surface area contributed by atoms with Crippen molar-refractivity contribution in [2.24, 2.45) is 0 Å². The first-order valence-corrected chi connectivity index (χ1v) is 4.48. The van der Waals surface area contributed by atoms with Crippen LogP contribution in [0.25, 0.3) is 0 Å².